The molecule has 1 atom stereocenters. The molecule has 0 aliphatic heterocycles. The molecule has 0 bridgehead atoms. The number of hydrogen-bond donors (Lipinski definition) is 1. The van der Waals surface area contributed by atoms with E-state index in [1.165, 1.54) is 5.56 Å². The van der Waals surface area contributed by atoms with Gasteiger partial charge in [-0.25, -0.2) is 0 Å². The number of ketones is 1. The van der Waals surface area contributed by atoms with Crippen LogP contribution in [0.3, 0.4) is 0 Å². The molecule has 0 radical (unpaired) electrons. The predicted octanol–water partition coefficient (Wildman–Crippen LogP) is 3.66. The average Bonchev–Trinajstić information content (AvgIpc) is 2.53. The van der Waals surface area contributed by atoms with Crippen LogP contribution in [0.1, 0.15) is 51.5 Å². The molecule has 0 fully saturated rings. The van der Waals surface area contributed by atoms with Gasteiger partial charge in [-0.15, -0.1) is 0 Å². The van der Waals surface area contributed by atoms with Crippen molar-refractivity contribution in [2.45, 2.75) is 32.6 Å². The van der Waals surface area contributed by atoms with Crippen molar-refractivity contribution >= 4 is 5.78 Å². The van der Waals surface area contributed by atoms with Gasteiger partial charge < -0.3 is 9.84 Å². The largest absolute Gasteiger partial charge is 0.507 e. The summed E-state index contributed by atoms with van der Waals surface area (Å²) >= 11 is 0. The molecule has 0 heterocycles. The quantitative estimate of drug-likeness (QED) is 0.746. The van der Waals surface area contributed by atoms with Gasteiger partial charge in [0.15, 0.2) is 0 Å². The molecule has 2 aromatic rings. The number of carbonyl (C=O) groups excluding carboxylic acids is 1. The second-order valence-corrected chi connectivity index (χ2v) is 6.75. The van der Waals surface area contributed by atoms with Crippen molar-refractivity contribution in [1.82, 2.24) is 0 Å². The summed E-state index contributed by atoms with van der Waals surface area (Å²) in [5, 5.41) is 10.8. The van der Waals surface area contributed by atoms with Crippen molar-refractivity contribution in [3.8, 4) is 11.5 Å². The van der Waals surface area contributed by atoms with Crippen molar-refractivity contribution in [2.24, 2.45) is 5.92 Å². The van der Waals surface area contributed by atoms with Crippen molar-refractivity contribution in [3.05, 3.63) is 57.6 Å². The summed E-state index contributed by atoms with van der Waals surface area (Å²) in [5.74, 6) is 1.30. The molecule has 23 heavy (non-hydrogen) atoms. The first kappa shape index (κ1) is 14.3. The number of carbonyl (C=O) groups is 1. The maximum atomic E-state index is 13.0. The molecule has 3 nitrogen and oxygen atoms in total. The van der Waals surface area contributed by atoms with E-state index in [0.717, 1.165) is 36.0 Å². The molecule has 1 N–H and O–H groups in total. The van der Waals surface area contributed by atoms with E-state index in [4.69, 9.17) is 4.74 Å². The van der Waals surface area contributed by atoms with Gasteiger partial charge in [0.2, 0.25) is 5.78 Å². The fraction of sp³-hybridized carbons (Fsp3) is 0.350. The molecule has 4 rings (SSSR count). The summed E-state index contributed by atoms with van der Waals surface area (Å²) in [7, 11) is 1.58. The highest BCUT2D eigenvalue weighted by Gasteiger charge is 2.32. The highest BCUT2D eigenvalue weighted by Crippen LogP contribution is 2.42. The summed E-state index contributed by atoms with van der Waals surface area (Å²) in [6.07, 6.45) is 3.56. The molecule has 0 saturated heterocycles. The number of hydrogen-bond acceptors (Lipinski definition) is 3. The van der Waals surface area contributed by atoms with E-state index in [1.807, 2.05) is 12.1 Å². The Morgan fingerprint density at radius 1 is 1.17 bits per heavy atom. The van der Waals surface area contributed by atoms with Crippen LogP contribution in [0.5, 0.6) is 11.5 Å². The molecule has 118 valence electrons. The Balaban J connectivity index is 1.92. The summed E-state index contributed by atoms with van der Waals surface area (Å²) in [4.78, 5) is 13.0. The lowest BCUT2D eigenvalue weighted by Crippen LogP contribution is -2.20. The highest BCUT2D eigenvalue weighted by molar-refractivity contribution is 6.15. The van der Waals surface area contributed by atoms with Crippen molar-refractivity contribution in [1.29, 1.82) is 0 Å². The zero-order valence-corrected chi connectivity index (χ0v) is 13.5. The van der Waals surface area contributed by atoms with Crippen LogP contribution in [0.15, 0.2) is 24.3 Å². The van der Waals surface area contributed by atoms with E-state index < -0.39 is 0 Å². The number of methoxy groups -OCH3 is 1. The van der Waals surface area contributed by atoms with Crippen molar-refractivity contribution < 1.29 is 14.6 Å². The molecular weight excluding hydrogens is 288 g/mol. The van der Waals surface area contributed by atoms with Gasteiger partial charge in [-0.05, 0) is 59.9 Å². The number of fused-ring (bicyclic) bond motifs is 3. The van der Waals surface area contributed by atoms with E-state index in [9.17, 15) is 9.90 Å². The van der Waals surface area contributed by atoms with Gasteiger partial charge in [0.25, 0.3) is 0 Å². The number of rotatable bonds is 1. The predicted molar refractivity (Wildman–Crippen MR) is 88.5 cm³/mol. The topological polar surface area (TPSA) is 46.5 Å². The van der Waals surface area contributed by atoms with E-state index >= 15 is 0 Å². The molecule has 0 amide bonds. The first-order valence-electron chi connectivity index (χ1n) is 8.17. The lowest BCUT2D eigenvalue weighted by Gasteiger charge is -2.28. The van der Waals surface area contributed by atoms with Gasteiger partial charge in [-0.2, -0.15) is 0 Å². The van der Waals surface area contributed by atoms with Gasteiger partial charge in [-0.3, -0.25) is 4.79 Å². The Hall–Kier alpha value is -2.29. The third-order valence-electron chi connectivity index (χ3n) is 5.20. The van der Waals surface area contributed by atoms with Crippen molar-refractivity contribution in [2.75, 3.05) is 7.11 Å². The number of aromatic hydroxyl groups is 1. The Morgan fingerprint density at radius 3 is 2.78 bits per heavy atom. The number of phenols is 1. The number of benzene rings is 2. The number of phenolic OH excluding ortho intramolecular Hbond substituents is 1. The molecule has 2 aromatic carbocycles. The van der Waals surface area contributed by atoms with Crippen LogP contribution in [0.2, 0.25) is 0 Å². The summed E-state index contributed by atoms with van der Waals surface area (Å²) in [6.45, 7) is 2.24. The monoisotopic (exact) mass is 308 g/mol. The maximum Gasteiger partial charge on any atom is 0.201 e. The van der Waals surface area contributed by atoms with Gasteiger partial charge in [0, 0.05) is 0 Å². The Morgan fingerprint density at radius 2 is 2.00 bits per heavy atom. The molecule has 1 unspecified atom stereocenters. The highest BCUT2D eigenvalue weighted by atomic mass is 16.5. The Labute approximate surface area is 135 Å². The van der Waals surface area contributed by atoms with E-state index in [1.54, 1.807) is 13.2 Å². The lowest BCUT2D eigenvalue weighted by atomic mass is 9.77. The smallest absolute Gasteiger partial charge is 0.201 e. The molecular formula is C20H20O3. The van der Waals surface area contributed by atoms with Gasteiger partial charge in [-0.1, -0.05) is 25.1 Å². The van der Waals surface area contributed by atoms with Crippen LogP contribution in [-0.4, -0.2) is 18.0 Å². The van der Waals surface area contributed by atoms with Crippen LogP contribution in [-0.2, 0) is 19.3 Å². The van der Waals surface area contributed by atoms with Gasteiger partial charge >= 0.3 is 0 Å². The summed E-state index contributed by atoms with van der Waals surface area (Å²) in [6, 6.07) is 7.83. The van der Waals surface area contributed by atoms with E-state index in [-0.39, 0.29) is 11.5 Å². The SMILES string of the molecule is COc1cccc2c1C(=O)c1c(cc3c(c1O)CCC(C)C3)C2. The van der Waals surface area contributed by atoms with Crippen LogP contribution in [0.25, 0.3) is 0 Å². The molecule has 2 aliphatic carbocycles. The lowest BCUT2D eigenvalue weighted by molar-refractivity contribution is 0.102. The van der Waals surface area contributed by atoms with Gasteiger partial charge in [0.05, 0.1) is 18.2 Å². The van der Waals surface area contributed by atoms with Gasteiger partial charge in [0.1, 0.15) is 11.5 Å². The molecule has 3 heteroatoms. The molecule has 0 spiro atoms. The Kier molecular flexibility index (Phi) is 3.19. The fourth-order valence-corrected chi connectivity index (χ4v) is 4.03. The van der Waals surface area contributed by atoms with Crippen LogP contribution in [0.4, 0.5) is 0 Å². The summed E-state index contributed by atoms with van der Waals surface area (Å²) < 4.78 is 5.36. The zero-order chi connectivity index (χ0) is 16.1. The average molecular weight is 308 g/mol. The van der Waals surface area contributed by atoms with E-state index in [0.29, 0.717) is 29.2 Å². The third kappa shape index (κ3) is 2.07. The van der Waals surface area contributed by atoms with Crippen molar-refractivity contribution in [3.63, 3.8) is 0 Å². The first-order valence-corrected chi connectivity index (χ1v) is 8.17. The third-order valence-corrected chi connectivity index (χ3v) is 5.20. The zero-order valence-electron chi connectivity index (χ0n) is 13.5. The van der Waals surface area contributed by atoms with E-state index in [2.05, 4.69) is 13.0 Å². The molecule has 0 saturated carbocycles. The number of ether oxygens (including phenoxy) is 1. The first-order chi connectivity index (χ1) is 11.1. The van der Waals surface area contributed by atoms with Crippen LogP contribution >= 0.6 is 0 Å². The summed E-state index contributed by atoms with van der Waals surface area (Å²) in [5.41, 5.74) is 5.18. The standard InChI is InChI=1S/C20H20O3/c1-11-6-7-15-13(8-11)10-14-9-12-4-3-5-16(23-2)17(12)20(22)18(14)19(15)21/h3-5,10-11,21H,6-9H2,1-2H3. The maximum absolute atomic E-state index is 13.0. The minimum absolute atomic E-state index is 0.113. The second-order valence-electron chi connectivity index (χ2n) is 6.75. The Bertz CT molecular complexity index is 820. The minimum atomic E-state index is -0.113. The van der Waals surface area contributed by atoms with Crippen LogP contribution in [0, 0.1) is 5.92 Å². The second kappa shape index (κ2) is 5.12. The molecule has 2 aliphatic rings. The normalized spacial score (nSPS) is 18.9. The minimum Gasteiger partial charge on any atom is -0.507 e. The molecule has 0 aromatic heterocycles. The fourth-order valence-electron chi connectivity index (χ4n) is 4.03. The van der Waals surface area contributed by atoms with Crippen LogP contribution < -0.4 is 4.74 Å².